The van der Waals surface area contributed by atoms with E-state index in [1.54, 1.807) is 24.3 Å². The number of hydrogen-bond acceptors (Lipinski definition) is 3. The molecule has 0 N–H and O–H groups in total. The first-order chi connectivity index (χ1) is 9.33. The van der Waals surface area contributed by atoms with E-state index in [9.17, 15) is 8.42 Å². The lowest BCUT2D eigenvalue weighted by Crippen LogP contribution is -2.09. The molecule has 0 heterocycles. The number of likely N-dealkylation sites (N-methyl/N-ethyl adjacent to an activating group) is 1. The van der Waals surface area contributed by atoms with Crippen LogP contribution in [0.15, 0.2) is 63.0 Å². The lowest BCUT2D eigenvalue weighted by atomic mass is 10.2. The van der Waals surface area contributed by atoms with Gasteiger partial charge in [-0.3, -0.25) is 0 Å². The van der Waals surface area contributed by atoms with Gasteiger partial charge in [-0.1, -0.05) is 23.8 Å². The number of rotatable bonds is 5. The Morgan fingerprint density at radius 1 is 1.15 bits per heavy atom. The summed E-state index contributed by atoms with van der Waals surface area (Å²) in [7, 11) is 0.163. The molecule has 1 aromatic carbocycles. The third-order valence-electron chi connectivity index (χ3n) is 2.44. The molecule has 108 valence electrons. The predicted molar refractivity (Wildman–Crippen MR) is 83.3 cm³/mol. The second-order valence-electron chi connectivity index (χ2n) is 4.75. The van der Waals surface area contributed by atoms with Crippen LogP contribution in [0, 0.1) is 0 Å². The zero-order valence-corrected chi connectivity index (χ0v) is 13.1. The summed E-state index contributed by atoms with van der Waals surface area (Å²) in [4.78, 5) is 2.09. The van der Waals surface area contributed by atoms with Crippen LogP contribution in [0.2, 0.25) is 0 Å². The third-order valence-corrected chi connectivity index (χ3v) is 3.71. The molecule has 0 saturated carbocycles. The zero-order valence-electron chi connectivity index (χ0n) is 12.2. The minimum absolute atomic E-state index is 0.193. The minimum Gasteiger partial charge on any atom is -0.378 e. The monoisotopic (exact) mass is 292 g/mol. The van der Waals surface area contributed by atoms with E-state index in [1.807, 2.05) is 38.9 Å². The van der Waals surface area contributed by atoms with Crippen LogP contribution in [0.5, 0.6) is 0 Å². The van der Waals surface area contributed by atoms with E-state index in [0.717, 1.165) is 11.3 Å². The van der Waals surface area contributed by atoms with E-state index in [-0.39, 0.29) is 4.90 Å². The molecule has 0 saturated heterocycles. The molecule has 0 bridgehead atoms. The molecule has 1 aromatic rings. The van der Waals surface area contributed by atoms with Crippen molar-refractivity contribution in [1.82, 2.24) is 4.90 Å². The van der Waals surface area contributed by atoms with E-state index in [1.165, 1.54) is 18.3 Å². The largest absolute Gasteiger partial charge is 0.378 e. The van der Waals surface area contributed by atoms with Crippen LogP contribution in [-0.4, -0.2) is 33.6 Å². The van der Waals surface area contributed by atoms with Crippen LogP contribution in [0.1, 0.15) is 13.8 Å². The standard InChI is InChI=1S/C15H20N2O2S/c1-13(2)12-14(17(3)4)10-11-16-20(18,19)15-8-6-5-7-9-15/h5-12H,1-4H3/b14-10+,16-11?. The first-order valence-corrected chi connectivity index (χ1v) is 7.65. The van der Waals surface area contributed by atoms with E-state index < -0.39 is 10.0 Å². The smallest absolute Gasteiger partial charge is 0.282 e. The maximum atomic E-state index is 11.9. The molecule has 0 aliphatic carbocycles. The van der Waals surface area contributed by atoms with Gasteiger partial charge >= 0.3 is 0 Å². The van der Waals surface area contributed by atoms with Gasteiger partial charge in [0.05, 0.1) is 4.90 Å². The Morgan fingerprint density at radius 2 is 1.75 bits per heavy atom. The van der Waals surface area contributed by atoms with Crippen molar-refractivity contribution < 1.29 is 8.42 Å². The van der Waals surface area contributed by atoms with E-state index in [2.05, 4.69) is 4.40 Å². The molecule has 0 amide bonds. The summed E-state index contributed by atoms with van der Waals surface area (Å²) in [6.07, 6.45) is 4.95. The van der Waals surface area contributed by atoms with Crippen LogP contribution >= 0.6 is 0 Å². The number of hydrogen-bond donors (Lipinski definition) is 0. The molecule has 5 heteroatoms. The van der Waals surface area contributed by atoms with Crippen molar-refractivity contribution in [3.63, 3.8) is 0 Å². The average molecular weight is 292 g/mol. The van der Waals surface area contributed by atoms with Gasteiger partial charge in [0.25, 0.3) is 10.0 Å². The summed E-state index contributed by atoms with van der Waals surface area (Å²) >= 11 is 0. The van der Waals surface area contributed by atoms with Gasteiger partial charge in [-0.05, 0) is 38.1 Å². The quantitative estimate of drug-likeness (QED) is 0.619. The summed E-state index contributed by atoms with van der Waals surface area (Å²) in [5, 5.41) is 0. The third kappa shape index (κ3) is 5.01. The van der Waals surface area contributed by atoms with Crippen molar-refractivity contribution in [3.8, 4) is 0 Å². The first kappa shape index (κ1) is 16.2. The van der Waals surface area contributed by atoms with Crippen molar-refractivity contribution >= 4 is 16.2 Å². The number of allylic oxidation sites excluding steroid dienone is 3. The average Bonchev–Trinajstić information content (AvgIpc) is 2.38. The van der Waals surface area contributed by atoms with Crippen LogP contribution in [-0.2, 0) is 10.0 Å². The van der Waals surface area contributed by atoms with Crippen LogP contribution in [0.25, 0.3) is 0 Å². The summed E-state index contributed by atoms with van der Waals surface area (Å²) in [6, 6.07) is 8.17. The SMILES string of the molecule is CC(C)=C/C(=C\C=NS(=O)(=O)c1ccccc1)N(C)C. The molecule has 0 spiro atoms. The van der Waals surface area contributed by atoms with Crippen molar-refractivity contribution in [2.45, 2.75) is 18.7 Å². The van der Waals surface area contributed by atoms with Gasteiger partial charge in [0.2, 0.25) is 0 Å². The van der Waals surface area contributed by atoms with Gasteiger partial charge in [-0.2, -0.15) is 12.8 Å². The number of benzene rings is 1. The highest BCUT2D eigenvalue weighted by molar-refractivity contribution is 7.90. The topological polar surface area (TPSA) is 49.7 Å². The van der Waals surface area contributed by atoms with Crippen LogP contribution in [0.3, 0.4) is 0 Å². The molecule has 4 nitrogen and oxygen atoms in total. The first-order valence-electron chi connectivity index (χ1n) is 6.21. The molecular weight excluding hydrogens is 272 g/mol. The van der Waals surface area contributed by atoms with E-state index in [4.69, 9.17) is 0 Å². The van der Waals surface area contributed by atoms with Crippen LogP contribution < -0.4 is 0 Å². The maximum absolute atomic E-state index is 11.9. The maximum Gasteiger partial charge on any atom is 0.282 e. The fourth-order valence-corrected chi connectivity index (χ4v) is 2.31. The van der Waals surface area contributed by atoms with Crippen molar-refractivity contribution in [3.05, 3.63) is 53.8 Å². The second kappa shape index (κ2) is 7.05. The van der Waals surface area contributed by atoms with Gasteiger partial charge < -0.3 is 4.90 Å². The summed E-state index contributed by atoms with van der Waals surface area (Å²) in [5.74, 6) is 0. The van der Waals surface area contributed by atoms with Gasteiger partial charge in [0.15, 0.2) is 0 Å². The van der Waals surface area contributed by atoms with Gasteiger partial charge in [0, 0.05) is 26.0 Å². The lowest BCUT2D eigenvalue weighted by Gasteiger charge is -2.13. The Bertz CT molecular complexity index is 623. The normalized spacial score (nSPS) is 12.5. The Hall–Kier alpha value is -1.88. The van der Waals surface area contributed by atoms with E-state index in [0.29, 0.717) is 0 Å². The fourth-order valence-electron chi connectivity index (χ4n) is 1.46. The van der Waals surface area contributed by atoms with Gasteiger partial charge in [-0.15, -0.1) is 0 Å². The molecular formula is C15H20N2O2S. The van der Waals surface area contributed by atoms with E-state index >= 15 is 0 Å². The second-order valence-corrected chi connectivity index (χ2v) is 6.38. The molecule has 0 aliphatic rings. The molecule has 1 rings (SSSR count). The van der Waals surface area contributed by atoms with Gasteiger partial charge in [0.1, 0.15) is 0 Å². The van der Waals surface area contributed by atoms with Crippen molar-refractivity contribution in [2.75, 3.05) is 14.1 Å². The number of nitrogens with zero attached hydrogens (tertiary/aromatic N) is 2. The molecule has 0 atom stereocenters. The van der Waals surface area contributed by atoms with Crippen LogP contribution in [0.4, 0.5) is 0 Å². The zero-order chi connectivity index (χ0) is 15.2. The van der Waals surface area contributed by atoms with Crippen molar-refractivity contribution in [2.24, 2.45) is 4.40 Å². The highest BCUT2D eigenvalue weighted by atomic mass is 32.2. The Labute approximate surface area is 121 Å². The Kier molecular flexibility index (Phi) is 5.70. The molecule has 20 heavy (non-hydrogen) atoms. The number of sulfonamides is 1. The summed E-state index contributed by atoms with van der Waals surface area (Å²) < 4.78 is 27.6. The Morgan fingerprint density at radius 3 is 2.25 bits per heavy atom. The fraction of sp³-hybridized carbons (Fsp3) is 0.267. The molecule has 0 aliphatic heterocycles. The highest BCUT2D eigenvalue weighted by Gasteiger charge is 2.09. The lowest BCUT2D eigenvalue weighted by molar-refractivity contribution is 0.530. The molecule has 0 radical (unpaired) electrons. The molecule has 0 fully saturated rings. The van der Waals surface area contributed by atoms with Gasteiger partial charge in [-0.25, -0.2) is 0 Å². The summed E-state index contributed by atoms with van der Waals surface area (Å²) in [6.45, 7) is 3.96. The minimum atomic E-state index is -3.62. The molecule has 0 unspecified atom stereocenters. The highest BCUT2D eigenvalue weighted by Crippen LogP contribution is 2.11. The van der Waals surface area contributed by atoms with Crippen molar-refractivity contribution in [1.29, 1.82) is 0 Å². The summed E-state index contributed by atoms with van der Waals surface area (Å²) in [5.41, 5.74) is 2.02. The predicted octanol–water partition coefficient (Wildman–Crippen LogP) is 2.86. The Balaban J connectivity index is 3.00. The molecule has 0 aromatic heterocycles.